The van der Waals surface area contributed by atoms with Crippen LogP contribution in [0.25, 0.3) is 0 Å². The van der Waals surface area contributed by atoms with Crippen molar-refractivity contribution in [2.24, 2.45) is 0 Å². The number of hydrogen-bond donors (Lipinski definition) is 1. The summed E-state index contributed by atoms with van der Waals surface area (Å²) in [4.78, 5) is 4.10. The Labute approximate surface area is 118 Å². The summed E-state index contributed by atoms with van der Waals surface area (Å²) in [5, 5.41) is 10.8. The lowest BCUT2D eigenvalue weighted by atomic mass is 9.95. The maximum Gasteiger partial charge on any atom is 0.104 e. The van der Waals surface area contributed by atoms with Gasteiger partial charge in [0.15, 0.2) is 0 Å². The molecule has 100 valence electrons. The van der Waals surface area contributed by atoms with E-state index in [9.17, 15) is 5.11 Å². The Morgan fingerprint density at radius 1 is 0.850 bits per heavy atom. The Balaban J connectivity index is 2.03. The van der Waals surface area contributed by atoms with Gasteiger partial charge >= 0.3 is 0 Å². The molecule has 3 nitrogen and oxygen atoms in total. The molecule has 1 heterocycles. The zero-order valence-electron chi connectivity index (χ0n) is 11.0. The van der Waals surface area contributed by atoms with Crippen LogP contribution in [0, 0.1) is 0 Å². The molecule has 0 spiro atoms. The average molecular weight is 264 g/mol. The fraction of sp³-hybridized carbons (Fsp3) is 0.118. The molecule has 3 rings (SSSR count). The molecule has 0 aliphatic heterocycles. The highest BCUT2D eigenvalue weighted by Gasteiger charge is 2.23. The molecule has 0 bridgehead atoms. The zero-order valence-corrected chi connectivity index (χ0v) is 11.0. The van der Waals surface area contributed by atoms with Gasteiger partial charge in [-0.1, -0.05) is 60.7 Å². The van der Waals surface area contributed by atoms with E-state index in [0.717, 1.165) is 11.1 Å². The minimum atomic E-state index is -0.618. The van der Waals surface area contributed by atoms with Crippen molar-refractivity contribution in [1.29, 1.82) is 0 Å². The normalized spacial score (nSPS) is 13.8. The van der Waals surface area contributed by atoms with Crippen LogP contribution < -0.4 is 0 Å². The topological polar surface area (TPSA) is 38.0 Å². The monoisotopic (exact) mass is 264 g/mol. The van der Waals surface area contributed by atoms with Gasteiger partial charge in [-0.05, 0) is 11.1 Å². The molecule has 1 N–H and O–H groups in total. The van der Waals surface area contributed by atoms with Gasteiger partial charge in [0.1, 0.15) is 6.10 Å². The number of hydrogen-bond acceptors (Lipinski definition) is 2. The summed E-state index contributed by atoms with van der Waals surface area (Å²) in [7, 11) is 0. The van der Waals surface area contributed by atoms with Gasteiger partial charge in [-0.25, -0.2) is 4.98 Å². The van der Waals surface area contributed by atoms with E-state index in [1.807, 2.05) is 71.4 Å². The van der Waals surface area contributed by atoms with Crippen molar-refractivity contribution in [3.63, 3.8) is 0 Å². The molecule has 0 aliphatic carbocycles. The SMILES string of the molecule is O[C@@H](c1ccccc1)[C@@H](c1ccccc1)n1ccnc1. The second kappa shape index (κ2) is 5.72. The predicted octanol–water partition coefficient (Wildman–Crippen LogP) is 3.21. The van der Waals surface area contributed by atoms with Gasteiger partial charge in [0.25, 0.3) is 0 Å². The van der Waals surface area contributed by atoms with Gasteiger partial charge in [0.05, 0.1) is 12.4 Å². The third-order valence-corrected chi connectivity index (χ3v) is 3.43. The number of imidazole rings is 1. The summed E-state index contributed by atoms with van der Waals surface area (Å²) in [5.74, 6) is 0. The van der Waals surface area contributed by atoms with Crippen LogP contribution in [-0.2, 0) is 0 Å². The number of nitrogens with zero attached hydrogens (tertiary/aromatic N) is 2. The molecule has 3 heteroatoms. The van der Waals surface area contributed by atoms with Gasteiger partial charge in [-0.2, -0.15) is 0 Å². The molecule has 0 aliphatic rings. The minimum absolute atomic E-state index is 0.180. The van der Waals surface area contributed by atoms with Gasteiger partial charge in [0.2, 0.25) is 0 Å². The number of aromatic nitrogens is 2. The van der Waals surface area contributed by atoms with E-state index < -0.39 is 6.10 Å². The summed E-state index contributed by atoms with van der Waals surface area (Å²) >= 11 is 0. The van der Waals surface area contributed by atoms with E-state index in [4.69, 9.17) is 0 Å². The Bertz CT molecular complexity index is 635. The molecule has 2 atom stereocenters. The van der Waals surface area contributed by atoms with Crippen molar-refractivity contribution >= 4 is 0 Å². The second-order valence-electron chi connectivity index (χ2n) is 4.72. The predicted molar refractivity (Wildman–Crippen MR) is 78.2 cm³/mol. The lowest BCUT2D eigenvalue weighted by Gasteiger charge is -2.25. The first-order valence-corrected chi connectivity index (χ1v) is 6.61. The summed E-state index contributed by atoms with van der Waals surface area (Å²) in [6.45, 7) is 0. The van der Waals surface area contributed by atoms with Crippen molar-refractivity contribution in [3.8, 4) is 0 Å². The highest BCUT2D eigenvalue weighted by Crippen LogP contribution is 2.31. The van der Waals surface area contributed by atoms with Crippen molar-refractivity contribution in [2.75, 3.05) is 0 Å². The highest BCUT2D eigenvalue weighted by molar-refractivity contribution is 5.27. The van der Waals surface area contributed by atoms with E-state index in [0.29, 0.717) is 0 Å². The third-order valence-electron chi connectivity index (χ3n) is 3.43. The van der Waals surface area contributed by atoms with E-state index in [1.54, 1.807) is 12.5 Å². The van der Waals surface area contributed by atoms with Gasteiger partial charge in [-0.15, -0.1) is 0 Å². The molecule has 0 saturated carbocycles. The summed E-state index contributed by atoms with van der Waals surface area (Å²) in [6.07, 6.45) is 4.73. The lowest BCUT2D eigenvalue weighted by Crippen LogP contribution is -2.18. The standard InChI is InChI=1S/C17H16N2O/c20-17(15-9-5-2-6-10-15)16(19-12-11-18-13-19)14-7-3-1-4-8-14/h1-13,16-17,20H/t16-,17+/m1/s1. The molecule has 0 fully saturated rings. The van der Waals surface area contributed by atoms with Crippen LogP contribution in [0.2, 0.25) is 0 Å². The molecule has 0 radical (unpaired) electrons. The minimum Gasteiger partial charge on any atom is -0.386 e. The second-order valence-corrected chi connectivity index (χ2v) is 4.72. The summed E-state index contributed by atoms with van der Waals surface area (Å²) in [5.41, 5.74) is 1.96. The molecular weight excluding hydrogens is 248 g/mol. The molecule has 0 amide bonds. The van der Waals surface area contributed by atoms with Crippen molar-refractivity contribution < 1.29 is 5.11 Å². The first-order chi connectivity index (χ1) is 9.86. The van der Waals surface area contributed by atoms with Crippen molar-refractivity contribution in [2.45, 2.75) is 12.1 Å². The smallest absolute Gasteiger partial charge is 0.104 e. The van der Waals surface area contributed by atoms with Crippen molar-refractivity contribution in [1.82, 2.24) is 9.55 Å². The van der Waals surface area contributed by atoms with E-state index in [2.05, 4.69) is 4.98 Å². The molecule has 2 aromatic carbocycles. The van der Waals surface area contributed by atoms with Crippen LogP contribution >= 0.6 is 0 Å². The third kappa shape index (κ3) is 2.49. The number of aliphatic hydroxyl groups excluding tert-OH is 1. The summed E-state index contributed by atoms with van der Waals surface area (Å²) in [6, 6.07) is 19.5. The van der Waals surface area contributed by atoms with Crippen LogP contribution in [0.15, 0.2) is 79.4 Å². The van der Waals surface area contributed by atoms with Gasteiger partial charge < -0.3 is 9.67 Å². The van der Waals surface area contributed by atoms with Crippen LogP contribution in [0.4, 0.5) is 0 Å². The Morgan fingerprint density at radius 3 is 2.00 bits per heavy atom. The summed E-state index contributed by atoms with van der Waals surface area (Å²) < 4.78 is 1.94. The molecule has 20 heavy (non-hydrogen) atoms. The van der Waals surface area contributed by atoms with Crippen LogP contribution in [0.5, 0.6) is 0 Å². The first-order valence-electron chi connectivity index (χ1n) is 6.61. The Hall–Kier alpha value is -2.39. The molecule has 0 saturated heterocycles. The highest BCUT2D eigenvalue weighted by atomic mass is 16.3. The van der Waals surface area contributed by atoms with E-state index >= 15 is 0 Å². The molecule has 0 unspecified atom stereocenters. The van der Waals surface area contributed by atoms with Gasteiger partial charge in [-0.3, -0.25) is 0 Å². The van der Waals surface area contributed by atoms with E-state index in [1.165, 1.54) is 0 Å². The molecular formula is C17H16N2O. The number of benzene rings is 2. The fourth-order valence-corrected chi connectivity index (χ4v) is 2.43. The zero-order chi connectivity index (χ0) is 13.8. The van der Waals surface area contributed by atoms with Crippen LogP contribution in [0.1, 0.15) is 23.3 Å². The largest absolute Gasteiger partial charge is 0.386 e. The molecule has 1 aromatic heterocycles. The Kier molecular flexibility index (Phi) is 3.61. The Morgan fingerprint density at radius 2 is 1.45 bits per heavy atom. The van der Waals surface area contributed by atoms with Crippen LogP contribution in [-0.4, -0.2) is 14.7 Å². The van der Waals surface area contributed by atoms with Crippen LogP contribution in [0.3, 0.4) is 0 Å². The quantitative estimate of drug-likeness (QED) is 0.785. The molecule has 3 aromatic rings. The van der Waals surface area contributed by atoms with E-state index in [-0.39, 0.29) is 6.04 Å². The average Bonchev–Trinajstić information content (AvgIpc) is 3.03. The van der Waals surface area contributed by atoms with Crippen molar-refractivity contribution in [3.05, 3.63) is 90.5 Å². The fourth-order valence-electron chi connectivity index (χ4n) is 2.43. The first kappa shape index (κ1) is 12.6. The lowest BCUT2D eigenvalue weighted by molar-refractivity contribution is 0.131. The maximum absolute atomic E-state index is 10.8. The number of rotatable bonds is 4. The maximum atomic E-state index is 10.8. The number of aliphatic hydroxyl groups is 1. The van der Waals surface area contributed by atoms with Gasteiger partial charge in [0, 0.05) is 12.4 Å².